The van der Waals surface area contributed by atoms with Crippen molar-refractivity contribution in [3.63, 3.8) is 0 Å². The number of piperidine rings is 5. The molecule has 0 radical (unpaired) electrons. The maximum absolute atomic E-state index is 12.7. The molecule has 75 heavy (non-hydrogen) atoms. The lowest BCUT2D eigenvalue weighted by molar-refractivity contribution is -0.0713. The van der Waals surface area contributed by atoms with Crippen LogP contribution >= 0.6 is 0 Å². The molecule has 0 saturated carbocycles. The van der Waals surface area contributed by atoms with Gasteiger partial charge < -0.3 is 14.9 Å². The number of aliphatic hydroxyl groups excluding tert-OH is 1. The lowest BCUT2D eigenvalue weighted by Crippen LogP contribution is -2.50. The number of halogens is 3. The monoisotopic (exact) mass is 1080 g/mol. The zero-order valence-electron chi connectivity index (χ0n) is 53.7. The minimum atomic E-state index is -2.41. The van der Waals surface area contributed by atoms with Crippen LogP contribution in [0.5, 0.6) is 0 Å². The van der Waals surface area contributed by atoms with Crippen LogP contribution in [-0.2, 0) is 4.74 Å². The van der Waals surface area contributed by atoms with E-state index in [1.807, 2.05) is 6.92 Å². The molecule has 10 nitrogen and oxygen atoms in total. The largest absolute Gasteiger partial charge is 0.393 e. The minimum absolute atomic E-state index is 0.0181. The first-order chi connectivity index (χ1) is 33.9. The number of ether oxygens (including phenoxy) is 1. The van der Waals surface area contributed by atoms with Crippen LogP contribution in [0.25, 0.3) is 0 Å². The number of morpholine rings is 1. The molecule has 7 heterocycles. The van der Waals surface area contributed by atoms with E-state index in [0.29, 0.717) is 29.7 Å². The van der Waals surface area contributed by atoms with Crippen LogP contribution < -0.4 is 0 Å². The molecule has 0 spiro atoms. The van der Waals surface area contributed by atoms with Crippen molar-refractivity contribution in [2.75, 3.05) is 105 Å². The number of nitrogens with zero attached hydrogens (tertiary/aromatic N) is 7. The quantitative estimate of drug-likeness (QED) is 0.245. The normalized spacial score (nSPS) is 24.2. The Bertz CT molecular complexity index is 1350. The fourth-order valence-electron chi connectivity index (χ4n) is 10.4. The fourth-order valence-corrected chi connectivity index (χ4v) is 10.4. The van der Waals surface area contributed by atoms with Crippen LogP contribution in [0, 0.1) is 0 Å². The average Bonchev–Trinajstić information content (AvgIpc) is 3.84. The first kappa shape index (κ1) is 72.4. The van der Waals surface area contributed by atoms with Gasteiger partial charge in [-0.3, -0.25) is 34.3 Å². The van der Waals surface area contributed by atoms with E-state index in [1.165, 1.54) is 58.3 Å². The third-order valence-corrected chi connectivity index (χ3v) is 16.3. The maximum atomic E-state index is 12.7. The standard InChI is InChI=1S/C10H21NO.C9H17F2N.C9H18FN.C9H19NO.C9H19N.C8H17NO.C8H17N/c1-9(2,3)11-7-5-10(4,12)6-8-11;1-8(2,3)12-6-4-9(10,11)5-7-12;1-9(2,3)11-6-4-8(10)5-7-11;1-9(2,3)10-6-4-8(11)5-7-10;1-9(2,3)10-7-5-4-6-8-10;1-8(2,3)9-4-6-10-7-5-9;1-8(2,3)9-6-4-5-7-9/h12H,5-8H2,1-4H3;4-7H2,1-3H3;8H,4-7H2,1-3H3;8,11H,4-7H2,1-3H3;4-8H2,1-3H3;4-7H2,1-3H3;4-7H2,1-3H3. The Hall–Kier alpha value is -0.610. The number of aliphatic hydroxyl groups is 2. The van der Waals surface area contributed by atoms with E-state index >= 15 is 0 Å². The van der Waals surface area contributed by atoms with Gasteiger partial charge in [0.1, 0.15) is 6.17 Å². The molecule has 0 aromatic carbocycles. The van der Waals surface area contributed by atoms with E-state index < -0.39 is 17.7 Å². The summed E-state index contributed by atoms with van der Waals surface area (Å²) in [6.45, 7) is 64.8. The molecule has 0 aromatic rings. The number of alkyl halides is 3. The summed E-state index contributed by atoms with van der Waals surface area (Å²) in [7, 11) is 0. The third-order valence-electron chi connectivity index (χ3n) is 16.3. The predicted molar refractivity (Wildman–Crippen MR) is 317 cm³/mol. The van der Waals surface area contributed by atoms with E-state index in [9.17, 15) is 23.4 Å². The van der Waals surface area contributed by atoms with Crippen molar-refractivity contribution in [1.82, 2.24) is 34.3 Å². The van der Waals surface area contributed by atoms with Gasteiger partial charge in [0.05, 0.1) is 24.9 Å². The first-order valence-electron chi connectivity index (χ1n) is 30.2. The summed E-state index contributed by atoms with van der Waals surface area (Å²) in [5, 5.41) is 19.0. The van der Waals surface area contributed by atoms with E-state index in [0.717, 1.165) is 104 Å². The molecular formula is C62H128F3N7O3. The van der Waals surface area contributed by atoms with Crippen LogP contribution in [0.1, 0.15) is 236 Å². The maximum Gasteiger partial charge on any atom is 0.250 e. The summed E-state index contributed by atoms with van der Waals surface area (Å²) in [5.74, 6) is -2.41. The van der Waals surface area contributed by atoms with Crippen molar-refractivity contribution in [2.24, 2.45) is 0 Å². The molecule has 0 amide bonds. The van der Waals surface area contributed by atoms with Crippen LogP contribution in [-0.4, -0.2) is 212 Å². The second-order valence-corrected chi connectivity index (χ2v) is 30.2. The van der Waals surface area contributed by atoms with Crippen molar-refractivity contribution < 1.29 is 28.1 Å². The molecular weight excluding hydrogens is 948 g/mol. The highest BCUT2D eigenvalue weighted by atomic mass is 19.3. The van der Waals surface area contributed by atoms with Gasteiger partial charge in [-0.05, 0) is 243 Å². The highest BCUT2D eigenvalue weighted by Crippen LogP contribution is 2.31. The second kappa shape index (κ2) is 31.6. The Kier molecular flexibility index (Phi) is 30.5. The van der Waals surface area contributed by atoms with E-state index in [2.05, 4.69) is 180 Å². The van der Waals surface area contributed by atoms with E-state index in [-0.39, 0.29) is 41.1 Å². The predicted octanol–water partition coefficient (Wildman–Crippen LogP) is 12.9. The summed E-state index contributed by atoms with van der Waals surface area (Å²) in [6, 6.07) is 0. The SMILES string of the molecule is CC(C)(C)N1CCC(F)(F)CC1.CC(C)(C)N1CCC(F)CC1.CC(C)(C)N1CCC(O)CC1.CC(C)(C)N1CCCC1.CC(C)(C)N1CCCCC1.CC(C)(C)N1CCOCC1.CC1(O)CCN(C(C)(C)C)CC1. The third kappa shape index (κ3) is 31.8. The molecule has 2 N–H and O–H groups in total. The van der Waals surface area contributed by atoms with Gasteiger partial charge in [-0.15, -0.1) is 0 Å². The van der Waals surface area contributed by atoms with Gasteiger partial charge >= 0.3 is 0 Å². The number of hydrogen-bond acceptors (Lipinski definition) is 10. The topological polar surface area (TPSA) is 72.4 Å². The molecule has 0 atom stereocenters. The van der Waals surface area contributed by atoms with E-state index in [1.54, 1.807) is 0 Å². The number of hydrogen-bond donors (Lipinski definition) is 2. The lowest BCUT2D eigenvalue weighted by Gasteiger charge is -2.43. The number of rotatable bonds is 0. The van der Waals surface area contributed by atoms with Gasteiger partial charge in [-0.1, -0.05) is 6.42 Å². The van der Waals surface area contributed by atoms with Gasteiger partial charge in [0, 0.05) is 117 Å². The van der Waals surface area contributed by atoms with Gasteiger partial charge in [0.15, 0.2) is 0 Å². The average molecular weight is 1080 g/mol. The fraction of sp³-hybridized carbons (Fsp3) is 1.00. The second-order valence-electron chi connectivity index (χ2n) is 30.2. The van der Waals surface area contributed by atoms with Crippen molar-refractivity contribution in [3.05, 3.63) is 0 Å². The van der Waals surface area contributed by atoms with Crippen molar-refractivity contribution in [2.45, 2.75) is 298 Å². The van der Waals surface area contributed by atoms with Gasteiger partial charge in [-0.2, -0.15) is 0 Å². The van der Waals surface area contributed by atoms with Gasteiger partial charge in [0.2, 0.25) is 0 Å². The molecule has 7 aliphatic heterocycles. The zero-order valence-corrected chi connectivity index (χ0v) is 53.7. The summed E-state index contributed by atoms with van der Waals surface area (Å²) in [5.41, 5.74) is 1.52. The van der Waals surface area contributed by atoms with Crippen LogP contribution in [0.2, 0.25) is 0 Å². The molecule has 7 saturated heterocycles. The Morgan fingerprint density at radius 3 is 0.880 bits per heavy atom. The lowest BCUT2D eigenvalue weighted by atomic mass is 9.91. The zero-order chi connectivity index (χ0) is 57.9. The molecule has 7 aliphatic rings. The van der Waals surface area contributed by atoms with Gasteiger partial charge in [0.25, 0.3) is 5.92 Å². The first-order valence-corrected chi connectivity index (χ1v) is 30.2. The van der Waals surface area contributed by atoms with Crippen molar-refractivity contribution >= 4 is 0 Å². The molecule has 7 fully saturated rings. The minimum Gasteiger partial charge on any atom is -0.393 e. The van der Waals surface area contributed by atoms with Gasteiger partial charge in [-0.25, -0.2) is 13.2 Å². The van der Waals surface area contributed by atoms with Crippen LogP contribution in [0.4, 0.5) is 13.2 Å². The highest BCUT2D eigenvalue weighted by molar-refractivity contribution is 4.88. The molecule has 0 aliphatic carbocycles. The van der Waals surface area contributed by atoms with Crippen molar-refractivity contribution in [3.8, 4) is 0 Å². The molecule has 13 heteroatoms. The summed E-state index contributed by atoms with van der Waals surface area (Å²) < 4.78 is 43.5. The Morgan fingerprint density at radius 2 is 0.600 bits per heavy atom. The summed E-state index contributed by atoms with van der Waals surface area (Å²) in [4.78, 5) is 16.9. The smallest absolute Gasteiger partial charge is 0.250 e. The summed E-state index contributed by atoms with van der Waals surface area (Å²) in [6.07, 6.45) is 11.6. The molecule has 0 aromatic heterocycles. The van der Waals surface area contributed by atoms with Crippen molar-refractivity contribution in [1.29, 1.82) is 0 Å². The Morgan fingerprint density at radius 1 is 0.360 bits per heavy atom. The molecule has 0 unspecified atom stereocenters. The highest BCUT2D eigenvalue weighted by Gasteiger charge is 2.37. The molecule has 450 valence electrons. The van der Waals surface area contributed by atoms with Crippen LogP contribution in [0.3, 0.4) is 0 Å². The van der Waals surface area contributed by atoms with E-state index in [4.69, 9.17) is 4.74 Å². The summed E-state index contributed by atoms with van der Waals surface area (Å²) >= 11 is 0. The molecule has 0 bridgehead atoms. The Balaban J connectivity index is 0.000000438. The Labute approximate surface area is 464 Å². The van der Waals surface area contributed by atoms with Crippen LogP contribution in [0.15, 0.2) is 0 Å². The number of likely N-dealkylation sites (tertiary alicyclic amines) is 6. The molecule has 7 rings (SSSR count).